The number of para-hydroxylation sites is 1. The first-order valence-electron chi connectivity index (χ1n) is 7.47. The molecule has 1 aromatic carbocycles. The summed E-state index contributed by atoms with van der Waals surface area (Å²) in [5, 5.41) is 3.48. The van der Waals surface area contributed by atoms with Crippen molar-refractivity contribution in [2.24, 2.45) is 5.41 Å². The van der Waals surface area contributed by atoms with Crippen LogP contribution in [-0.4, -0.2) is 26.4 Å². The highest BCUT2D eigenvalue weighted by molar-refractivity contribution is 5.72. The van der Waals surface area contributed by atoms with Gasteiger partial charge in [-0.25, -0.2) is 0 Å². The van der Waals surface area contributed by atoms with E-state index in [2.05, 4.69) is 19.2 Å². The number of ether oxygens (including phenoxy) is 2. The van der Waals surface area contributed by atoms with E-state index in [0.29, 0.717) is 12.3 Å². The molecule has 1 heterocycles. The molecule has 2 rings (SSSR count). The molecular formula is C16H26N2O2. The van der Waals surface area contributed by atoms with E-state index in [0.717, 1.165) is 50.5 Å². The molecule has 4 nitrogen and oxygen atoms in total. The summed E-state index contributed by atoms with van der Waals surface area (Å²) < 4.78 is 11.1. The Morgan fingerprint density at radius 1 is 1.35 bits per heavy atom. The van der Waals surface area contributed by atoms with E-state index in [-0.39, 0.29) is 5.41 Å². The molecule has 1 saturated heterocycles. The summed E-state index contributed by atoms with van der Waals surface area (Å²) in [5.41, 5.74) is 8.12. The molecule has 0 aliphatic carbocycles. The van der Waals surface area contributed by atoms with Crippen LogP contribution in [0.5, 0.6) is 5.75 Å². The molecule has 0 unspecified atom stereocenters. The standard InChI is InChI=1S/C16H26N2O2/c1-3-9-20-14-6-4-5-13(15(14)17)18-12-16(2)7-10-19-11-8-16/h4-6,18H,3,7-12,17H2,1-2H3. The molecule has 0 spiro atoms. The van der Waals surface area contributed by atoms with Crippen molar-refractivity contribution >= 4 is 11.4 Å². The Kier molecular flexibility index (Phi) is 5.12. The summed E-state index contributed by atoms with van der Waals surface area (Å²) in [6.07, 6.45) is 3.16. The molecule has 0 saturated carbocycles. The maximum atomic E-state index is 6.17. The van der Waals surface area contributed by atoms with Crippen LogP contribution < -0.4 is 15.8 Å². The fourth-order valence-corrected chi connectivity index (χ4v) is 2.39. The third-order valence-corrected chi connectivity index (χ3v) is 3.93. The van der Waals surface area contributed by atoms with E-state index in [1.165, 1.54) is 0 Å². The van der Waals surface area contributed by atoms with Gasteiger partial charge in [0, 0.05) is 19.8 Å². The summed E-state index contributed by atoms with van der Waals surface area (Å²) in [6.45, 7) is 7.71. The zero-order valence-corrected chi connectivity index (χ0v) is 12.6. The first-order valence-corrected chi connectivity index (χ1v) is 7.47. The summed E-state index contributed by atoms with van der Waals surface area (Å²) >= 11 is 0. The van der Waals surface area contributed by atoms with Crippen molar-refractivity contribution in [1.29, 1.82) is 0 Å². The van der Waals surface area contributed by atoms with Crippen LogP contribution in [0.15, 0.2) is 18.2 Å². The molecule has 1 fully saturated rings. The monoisotopic (exact) mass is 278 g/mol. The molecule has 112 valence electrons. The molecule has 0 radical (unpaired) electrons. The first kappa shape index (κ1) is 15.0. The predicted molar refractivity (Wildman–Crippen MR) is 83.3 cm³/mol. The molecule has 0 aromatic heterocycles. The number of nitrogen functional groups attached to an aromatic ring is 1. The maximum absolute atomic E-state index is 6.17. The largest absolute Gasteiger partial charge is 0.491 e. The van der Waals surface area contributed by atoms with Gasteiger partial charge in [0.25, 0.3) is 0 Å². The Morgan fingerprint density at radius 3 is 2.80 bits per heavy atom. The molecule has 0 amide bonds. The number of hydrogen-bond donors (Lipinski definition) is 2. The summed E-state index contributed by atoms with van der Waals surface area (Å²) in [7, 11) is 0. The summed E-state index contributed by atoms with van der Waals surface area (Å²) in [6, 6.07) is 5.92. The Morgan fingerprint density at radius 2 is 2.10 bits per heavy atom. The van der Waals surface area contributed by atoms with Crippen molar-refractivity contribution in [3.63, 3.8) is 0 Å². The molecule has 1 aliphatic rings. The normalized spacial score (nSPS) is 17.7. The van der Waals surface area contributed by atoms with Crippen molar-refractivity contribution in [3.05, 3.63) is 18.2 Å². The van der Waals surface area contributed by atoms with Gasteiger partial charge in [0.1, 0.15) is 5.75 Å². The molecule has 1 aromatic rings. The van der Waals surface area contributed by atoms with Crippen LogP contribution in [-0.2, 0) is 4.74 Å². The highest BCUT2D eigenvalue weighted by Crippen LogP contribution is 2.33. The van der Waals surface area contributed by atoms with Gasteiger partial charge >= 0.3 is 0 Å². The fourth-order valence-electron chi connectivity index (χ4n) is 2.39. The lowest BCUT2D eigenvalue weighted by atomic mass is 9.82. The smallest absolute Gasteiger partial charge is 0.144 e. The van der Waals surface area contributed by atoms with E-state index in [9.17, 15) is 0 Å². The Bertz CT molecular complexity index is 428. The molecule has 4 heteroatoms. The lowest BCUT2D eigenvalue weighted by molar-refractivity contribution is 0.0300. The first-order chi connectivity index (χ1) is 9.64. The second-order valence-electron chi connectivity index (χ2n) is 5.84. The highest BCUT2D eigenvalue weighted by Gasteiger charge is 2.27. The fraction of sp³-hybridized carbons (Fsp3) is 0.625. The zero-order chi connectivity index (χ0) is 14.4. The number of rotatable bonds is 6. The molecule has 1 aliphatic heterocycles. The van der Waals surface area contributed by atoms with E-state index in [4.69, 9.17) is 15.2 Å². The summed E-state index contributed by atoms with van der Waals surface area (Å²) in [5.74, 6) is 0.772. The van der Waals surface area contributed by atoms with Crippen LogP contribution in [0.25, 0.3) is 0 Å². The lowest BCUT2D eigenvalue weighted by Gasteiger charge is -2.34. The zero-order valence-electron chi connectivity index (χ0n) is 12.6. The van der Waals surface area contributed by atoms with Crippen LogP contribution in [0.3, 0.4) is 0 Å². The second-order valence-corrected chi connectivity index (χ2v) is 5.84. The molecule has 20 heavy (non-hydrogen) atoms. The van der Waals surface area contributed by atoms with Crippen LogP contribution in [0, 0.1) is 5.41 Å². The van der Waals surface area contributed by atoms with Crippen molar-refractivity contribution in [1.82, 2.24) is 0 Å². The molecule has 3 N–H and O–H groups in total. The van der Waals surface area contributed by atoms with Gasteiger partial charge in [-0.2, -0.15) is 0 Å². The third-order valence-electron chi connectivity index (χ3n) is 3.93. The van der Waals surface area contributed by atoms with Gasteiger partial charge < -0.3 is 20.5 Å². The van der Waals surface area contributed by atoms with Crippen LogP contribution in [0.4, 0.5) is 11.4 Å². The number of anilines is 2. The van der Waals surface area contributed by atoms with Crippen molar-refractivity contribution in [2.45, 2.75) is 33.1 Å². The number of nitrogens with one attached hydrogen (secondary N) is 1. The van der Waals surface area contributed by atoms with Gasteiger partial charge in [0.2, 0.25) is 0 Å². The van der Waals surface area contributed by atoms with Gasteiger partial charge in [0.05, 0.1) is 18.0 Å². The van der Waals surface area contributed by atoms with E-state index in [1.807, 2.05) is 18.2 Å². The number of nitrogens with two attached hydrogens (primary N) is 1. The summed E-state index contributed by atoms with van der Waals surface area (Å²) in [4.78, 5) is 0. The predicted octanol–water partition coefficient (Wildman–Crippen LogP) is 3.29. The quantitative estimate of drug-likeness (QED) is 0.784. The van der Waals surface area contributed by atoms with Gasteiger partial charge in [-0.05, 0) is 36.8 Å². The van der Waals surface area contributed by atoms with Crippen molar-refractivity contribution < 1.29 is 9.47 Å². The van der Waals surface area contributed by atoms with E-state index in [1.54, 1.807) is 0 Å². The maximum Gasteiger partial charge on any atom is 0.144 e. The highest BCUT2D eigenvalue weighted by atomic mass is 16.5. The average molecular weight is 278 g/mol. The minimum atomic E-state index is 0.283. The van der Waals surface area contributed by atoms with Gasteiger partial charge in [-0.1, -0.05) is 19.9 Å². The van der Waals surface area contributed by atoms with Gasteiger partial charge in [-0.15, -0.1) is 0 Å². The SMILES string of the molecule is CCCOc1cccc(NCC2(C)CCOCC2)c1N. The third kappa shape index (κ3) is 3.79. The Balaban J connectivity index is 1.98. The minimum absolute atomic E-state index is 0.283. The molecule has 0 atom stereocenters. The number of hydrogen-bond acceptors (Lipinski definition) is 4. The second kappa shape index (κ2) is 6.84. The molecule has 0 bridgehead atoms. The topological polar surface area (TPSA) is 56.5 Å². The van der Waals surface area contributed by atoms with E-state index >= 15 is 0 Å². The van der Waals surface area contributed by atoms with Crippen LogP contribution in [0.1, 0.15) is 33.1 Å². The van der Waals surface area contributed by atoms with Gasteiger partial charge in [-0.3, -0.25) is 0 Å². The Labute approximate surface area is 121 Å². The van der Waals surface area contributed by atoms with Crippen molar-refractivity contribution in [2.75, 3.05) is 37.4 Å². The Hall–Kier alpha value is -1.42. The average Bonchev–Trinajstić information content (AvgIpc) is 2.46. The lowest BCUT2D eigenvalue weighted by Crippen LogP contribution is -2.33. The van der Waals surface area contributed by atoms with Gasteiger partial charge in [0.15, 0.2) is 0 Å². The van der Waals surface area contributed by atoms with Crippen LogP contribution in [0.2, 0.25) is 0 Å². The minimum Gasteiger partial charge on any atom is -0.491 e. The number of benzene rings is 1. The molecular weight excluding hydrogens is 252 g/mol. The van der Waals surface area contributed by atoms with Crippen LogP contribution >= 0.6 is 0 Å². The van der Waals surface area contributed by atoms with E-state index < -0.39 is 0 Å². The van der Waals surface area contributed by atoms with Crippen molar-refractivity contribution in [3.8, 4) is 5.75 Å².